The van der Waals surface area contributed by atoms with Crippen molar-refractivity contribution in [2.45, 2.75) is 37.9 Å². The number of anilines is 1. The second kappa shape index (κ2) is 11.6. The molecule has 0 unspecified atom stereocenters. The molecule has 0 fully saturated rings. The van der Waals surface area contributed by atoms with E-state index < -0.39 is 10.0 Å². The van der Waals surface area contributed by atoms with Crippen LogP contribution < -0.4 is 9.46 Å². The number of aryl methyl sites for hydroxylation is 3. The standard InChI is InChI=1S/C32H30N6O3S2/c1-5-25-17-27-28(21(3)35-25)29(24-9-7-6-8-10-24)36-38(27)19-22-11-13-23(14-12-22)26-15-16-42-32(26)43(39,40)37-30-31(41-4)34-20(2)18-33-30/h6-18H,5,19H2,1-4H3,(H,33,37). The van der Waals surface area contributed by atoms with Crippen LogP contribution in [0.1, 0.15) is 29.6 Å². The van der Waals surface area contributed by atoms with E-state index in [1.54, 1.807) is 12.3 Å². The minimum absolute atomic E-state index is 0.0424. The van der Waals surface area contributed by atoms with Gasteiger partial charge >= 0.3 is 0 Å². The molecule has 1 N–H and O–H groups in total. The van der Waals surface area contributed by atoms with E-state index >= 15 is 0 Å². The maximum Gasteiger partial charge on any atom is 0.273 e. The number of sulfonamides is 1. The van der Waals surface area contributed by atoms with Gasteiger partial charge in [0, 0.05) is 27.9 Å². The minimum Gasteiger partial charge on any atom is -0.478 e. The molecule has 43 heavy (non-hydrogen) atoms. The lowest BCUT2D eigenvalue weighted by atomic mass is 10.1. The molecule has 4 aromatic heterocycles. The monoisotopic (exact) mass is 610 g/mol. The van der Waals surface area contributed by atoms with Crippen LogP contribution in [0.2, 0.25) is 0 Å². The lowest BCUT2D eigenvalue weighted by Gasteiger charge is -2.11. The second-order valence-corrected chi connectivity index (χ2v) is 12.9. The van der Waals surface area contributed by atoms with Crippen LogP contribution in [0.25, 0.3) is 33.3 Å². The summed E-state index contributed by atoms with van der Waals surface area (Å²) in [6, 6.07) is 22.0. The average Bonchev–Trinajstić information content (AvgIpc) is 3.65. The van der Waals surface area contributed by atoms with Crippen molar-refractivity contribution < 1.29 is 13.2 Å². The largest absolute Gasteiger partial charge is 0.478 e. The van der Waals surface area contributed by atoms with Crippen LogP contribution in [0.3, 0.4) is 0 Å². The number of hydrogen-bond acceptors (Lipinski definition) is 8. The molecule has 0 saturated carbocycles. The summed E-state index contributed by atoms with van der Waals surface area (Å²) in [6.07, 6.45) is 2.32. The van der Waals surface area contributed by atoms with Crippen LogP contribution in [-0.2, 0) is 23.0 Å². The van der Waals surface area contributed by atoms with E-state index in [9.17, 15) is 8.42 Å². The van der Waals surface area contributed by atoms with Gasteiger partial charge in [0.15, 0.2) is 0 Å². The van der Waals surface area contributed by atoms with Gasteiger partial charge < -0.3 is 4.74 Å². The van der Waals surface area contributed by atoms with Crippen molar-refractivity contribution in [3.8, 4) is 28.3 Å². The van der Waals surface area contributed by atoms with E-state index in [-0.39, 0.29) is 15.9 Å². The average molecular weight is 611 g/mol. The SMILES string of the molecule is CCc1cc2c(c(C)n1)c(-c1ccccc1)nn2Cc1ccc(-c2ccsc2S(=O)(=O)Nc2ncc(C)nc2OC)cc1. The number of thiophene rings is 1. The zero-order valence-electron chi connectivity index (χ0n) is 24.2. The van der Waals surface area contributed by atoms with Crippen molar-refractivity contribution in [3.63, 3.8) is 0 Å². The first-order valence-electron chi connectivity index (χ1n) is 13.8. The highest BCUT2D eigenvalue weighted by atomic mass is 32.2. The lowest BCUT2D eigenvalue weighted by Crippen LogP contribution is -2.15. The number of rotatable bonds is 9. The number of nitrogens with one attached hydrogen (secondary N) is 1. The minimum atomic E-state index is -3.95. The molecule has 4 heterocycles. The lowest BCUT2D eigenvalue weighted by molar-refractivity contribution is 0.397. The molecule has 0 radical (unpaired) electrons. The fourth-order valence-electron chi connectivity index (χ4n) is 5.06. The molecule has 0 bridgehead atoms. The third-order valence-electron chi connectivity index (χ3n) is 7.13. The number of ether oxygens (including phenoxy) is 1. The molecule has 6 rings (SSSR count). The Bertz CT molecular complexity index is 2040. The van der Waals surface area contributed by atoms with E-state index in [4.69, 9.17) is 14.8 Å². The van der Waals surface area contributed by atoms with E-state index in [1.807, 2.05) is 60.1 Å². The zero-order valence-corrected chi connectivity index (χ0v) is 25.8. The Morgan fingerprint density at radius 1 is 0.977 bits per heavy atom. The van der Waals surface area contributed by atoms with Gasteiger partial charge in [-0.3, -0.25) is 14.4 Å². The van der Waals surface area contributed by atoms with Crippen LogP contribution in [0.5, 0.6) is 5.88 Å². The quantitative estimate of drug-likeness (QED) is 0.195. The summed E-state index contributed by atoms with van der Waals surface area (Å²) in [5.41, 5.74) is 8.04. The van der Waals surface area contributed by atoms with E-state index in [0.717, 1.165) is 62.4 Å². The number of hydrogen-bond donors (Lipinski definition) is 1. The van der Waals surface area contributed by atoms with Gasteiger partial charge in [0.1, 0.15) is 9.90 Å². The van der Waals surface area contributed by atoms with Gasteiger partial charge in [-0.05, 0) is 48.9 Å². The first-order chi connectivity index (χ1) is 20.8. The van der Waals surface area contributed by atoms with Gasteiger partial charge in [-0.25, -0.2) is 18.4 Å². The summed E-state index contributed by atoms with van der Waals surface area (Å²) >= 11 is 1.14. The maximum atomic E-state index is 13.4. The summed E-state index contributed by atoms with van der Waals surface area (Å²) in [4.78, 5) is 13.2. The molecule has 0 aliphatic rings. The van der Waals surface area contributed by atoms with Crippen molar-refractivity contribution in [1.29, 1.82) is 0 Å². The summed E-state index contributed by atoms with van der Waals surface area (Å²) in [5, 5.41) is 7.85. The van der Waals surface area contributed by atoms with Crippen molar-refractivity contribution in [2.24, 2.45) is 0 Å². The van der Waals surface area contributed by atoms with Gasteiger partial charge in [-0.1, -0.05) is 61.5 Å². The zero-order chi connectivity index (χ0) is 30.1. The van der Waals surface area contributed by atoms with Crippen molar-refractivity contribution in [2.75, 3.05) is 11.8 Å². The van der Waals surface area contributed by atoms with Crippen molar-refractivity contribution >= 4 is 38.1 Å². The smallest absolute Gasteiger partial charge is 0.273 e. The van der Waals surface area contributed by atoms with Gasteiger partial charge in [-0.2, -0.15) is 5.10 Å². The van der Waals surface area contributed by atoms with Crippen LogP contribution >= 0.6 is 11.3 Å². The Hall–Kier alpha value is -4.61. The molecule has 9 nitrogen and oxygen atoms in total. The Kier molecular flexibility index (Phi) is 7.68. The molecular formula is C32H30N6O3S2. The highest BCUT2D eigenvalue weighted by Crippen LogP contribution is 2.35. The highest BCUT2D eigenvalue weighted by Gasteiger charge is 2.24. The third-order valence-corrected chi connectivity index (χ3v) is 9.96. The summed E-state index contributed by atoms with van der Waals surface area (Å²) in [5.74, 6) is 0.158. The Morgan fingerprint density at radius 2 is 1.74 bits per heavy atom. The van der Waals surface area contributed by atoms with Crippen molar-refractivity contribution in [1.82, 2.24) is 24.7 Å². The van der Waals surface area contributed by atoms with Crippen molar-refractivity contribution in [3.05, 3.63) is 101 Å². The Morgan fingerprint density at radius 3 is 2.47 bits per heavy atom. The number of nitrogens with zero attached hydrogens (tertiary/aromatic N) is 5. The van der Waals surface area contributed by atoms with E-state index in [2.05, 4.69) is 39.8 Å². The predicted molar refractivity (Wildman–Crippen MR) is 170 cm³/mol. The molecule has 0 aliphatic heterocycles. The maximum absolute atomic E-state index is 13.4. The Balaban J connectivity index is 1.31. The number of aromatic nitrogens is 5. The molecule has 6 aromatic rings. The van der Waals surface area contributed by atoms with Gasteiger partial charge in [0.25, 0.3) is 15.9 Å². The van der Waals surface area contributed by atoms with Crippen LogP contribution in [0.15, 0.2) is 82.5 Å². The number of pyridine rings is 1. The molecule has 0 spiro atoms. The molecule has 0 aliphatic carbocycles. The molecule has 0 atom stereocenters. The van der Waals surface area contributed by atoms with Crippen LogP contribution in [-0.4, -0.2) is 40.3 Å². The molecule has 2 aromatic carbocycles. The van der Waals surface area contributed by atoms with Crippen LogP contribution in [0, 0.1) is 13.8 Å². The van der Waals surface area contributed by atoms with Gasteiger partial charge in [-0.15, -0.1) is 11.3 Å². The van der Waals surface area contributed by atoms with E-state index in [0.29, 0.717) is 17.8 Å². The first-order valence-corrected chi connectivity index (χ1v) is 16.1. The molecular weight excluding hydrogens is 581 g/mol. The molecule has 0 saturated heterocycles. The normalized spacial score (nSPS) is 11.6. The summed E-state index contributed by atoms with van der Waals surface area (Å²) < 4.78 is 36.8. The summed E-state index contributed by atoms with van der Waals surface area (Å²) in [7, 11) is -2.52. The first kappa shape index (κ1) is 28.5. The van der Waals surface area contributed by atoms with E-state index in [1.165, 1.54) is 13.3 Å². The second-order valence-electron chi connectivity index (χ2n) is 10.1. The fourth-order valence-corrected chi connectivity index (χ4v) is 7.46. The van der Waals surface area contributed by atoms with Crippen LogP contribution in [0.4, 0.5) is 5.82 Å². The fraction of sp³-hybridized carbons (Fsp3) is 0.188. The summed E-state index contributed by atoms with van der Waals surface area (Å²) in [6.45, 7) is 6.45. The number of benzene rings is 2. The van der Waals surface area contributed by atoms with Gasteiger partial charge in [0.2, 0.25) is 5.82 Å². The topological polar surface area (TPSA) is 112 Å². The predicted octanol–water partition coefficient (Wildman–Crippen LogP) is 6.65. The molecule has 11 heteroatoms. The molecule has 0 amide bonds. The Labute approximate surface area is 254 Å². The number of methoxy groups -OCH3 is 1. The van der Waals surface area contributed by atoms with Gasteiger partial charge in [0.05, 0.1) is 31.1 Å². The molecule has 218 valence electrons. The number of fused-ring (bicyclic) bond motifs is 1. The third kappa shape index (κ3) is 5.61. The highest BCUT2D eigenvalue weighted by molar-refractivity contribution is 7.94.